The fourth-order valence-corrected chi connectivity index (χ4v) is 5.30. The van der Waals surface area contributed by atoms with Crippen molar-refractivity contribution < 1.29 is 79.6 Å². The molecule has 11 N–H and O–H groups in total. The molecular weight excluding hydrogens is 596 g/mol. The van der Waals surface area contributed by atoms with Crippen molar-refractivity contribution in [1.29, 1.82) is 0 Å². The third-order valence-corrected chi connectivity index (χ3v) is 7.69. The normalized spacial score (nSPS) is 34.1. The Bertz CT molecular complexity index is 1650. The van der Waals surface area contributed by atoms with Crippen molar-refractivity contribution in [3.05, 3.63) is 40.6 Å². The summed E-state index contributed by atoms with van der Waals surface area (Å²) >= 11 is 0. The number of aromatic hydroxyl groups is 4. The summed E-state index contributed by atoms with van der Waals surface area (Å²) in [5.74, 6) is -6.05. The zero-order valence-corrected chi connectivity index (χ0v) is 22.5. The maximum atomic E-state index is 13.8. The topological polar surface area (TPSA) is 298 Å². The van der Waals surface area contributed by atoms with E-state index in [1.54, 1.807) is 0 Å². The van der Waals surface area contributed by atoms with Crippen LogP contribution in [-0.4, -0.2) is 123 Å². The number of hydrogen-bond acceptors (Lipinski definition) is 16. The van der Waals surface area contributed by atoms with E-state index in [4.69, 9.17) is 18.6 Å². The molecule has 1 aromatic heterocycles. The first-order chi connectivity index (χ1) is 20.6. The molecule has 2 aliphatic rings. The summed E-state index contributed by atoms with van der Waals surface area (Å²) in [6.45, 7) is 1.23. The van der Waals surface area contributed by atoms with Gasteiger partial charge in [-0.1, -0.05) is 0 Å². The van der Waals surface area contributed by atoms with E-state index in [-0.39, 0.29) is 5.56 Å². The molecule has 0 unspecified atom stereocenters. The maximum Gasteiger partial charge on any atom is 0.335 e. The van der Waals surface area contributed by atoms with Crippen molar-refractivity contribution in [3.63, 3.8) is 0 Å². The van der Waals surface area contributed by atoms with Gasteiger partial charge in [-0.3, -0.25) is 4.79 Å². The Morgan fingerprint density at radius 1 is 0.864 bits per heavy atom. The van der Waals surface area contributed by atoms with Gasteiger partial charge in [0, 0.05) is 17.7 Å². The van der Waals surface area contributed by atoms with Gasteiger partial charge in [0.25, 0.3) is 0 Å². The van der Waals surface area contributed by atoms with Crippen LogP contribution in [-0.2, 0) is 14.3 Å². The molecule has 2 saturated heterocycles. The third kappa shape index (κ3) is 4.84. The van der Waals surface area contributed by atoms with Gasteiger partial charge in [0.1, 0.15) is 59.1 Å². The van der Waals surface area contributed by atoms with E-state index in [1.165, 1.54) is 6.92 Å². The lowest BCUT2D eigenvalue weighted by Gasteiger charge is -2.53. The summed E-state index contributed by atoms with van der Waals surface area (Å²) in [7, 11) is 0. The summed E-state index contributed by atoms with van der Waals surface area (Å²) in [6, 6.07) is 4.76. The molecule has 2 fully saturated rings. The minimum absolute atomic E-state index is 0.187. The van der Waals surface area contributed by atoms with E-state index < -0.39 is 118 Å². The fourth-order valence-electron chi connectivity index (χ4n) is 5.30. The number of benzene rings is 2. The quantitative estimate of drug-likeness (QED) is 0.134. The molecule has 0 aliphatic carbocycles. The second-order valence-electron chi connectivity index (χ2n) is 10.5. The largest absolute Gasteiger partial charge is 0.508 e. The predicted molar refractivity (Wildman–Crippen MR) is 141 cm³/mol. The highest BCUT2D eigenvalue weighted by Crippen LogP contribution is 2.43. The Morgan fingerprint density at radius 3 is 2.18 bits per heavy atom. The average molecular weight is 625 g/mol. The Hall–Kier alpha value is -4.20. The second-order valence-corrected chi connectivity index (χ2v) is 10.5. The van der Waals surface area contributed by atoms with Gasteiger partial charge in [-0.25, -0.2) is 4.79 Å². The summed E-state index contributed by atoms with van der Waals surface area (Å²) < 4.78 is 22.2. The zero-order chi connectivity index (χ0) is 32.4. The van der Waals surface area contributed by atoms with Crippen molar-refractivity contribution in [2.45, 2.75) is 67.6 Å². The van der Waals surface area contributed by atoms with Crippen LogP contribution in [0, 0.1) is 0 Å². The first-order valence-electron chi connectivity index (χ1n) is 13.0. The Morgan fingerprint density at radius 2 is 1.55 bits per heavy atom. The second kappa shape index (κ2) is 11.1. The molecule has 238 valence electrons. The van der Waals surface area contributed by atoms with Crippen molar-refractivity contribution >= 4 is 16.9 Å². The third-order valence-electron chi connectivity index (χ3n) is 7.69. The van der Waals surface area contributed by atoms with Crippen LogP contribution in [0.5, 0.6) is 28.7 Å². The van der Waals surface area contributed by atoms with Gasteiger partial charge in [0.2, 0.25) is 17.5 Å². The lowest BCUT2D eigenvalue weighted by molar-refractivity contribution is -0.365. The number of ether oxygens (including phenoxy) is 3. The summed E-state index contributed by atoms with van der Waals surface area (Å²) in [4.78, 5) is 25.7. The van der Waals surface area contributed by atoms with Crippen molar-refractivity contribution in [1.82, 2.24) is 0 Å². The molecule has 0 radical (unpaired) electrons. The molecule has 17 heteroatoms. The average Bonchev–Trinajstić information content (AvgIpc) is 2.95. The SMILES string of the molecule is C[C@@H]1O[C@@H]([C@]2(O)[C@H](Oc3c(-c4ccc(O)c(O)c4)oc4cc(O)cc(O)c4c3=O)O[C@H](C(=O)O)[C@@H](O)[C@@H]2O)[C@H](O)[C@H](O)[C@H]1O. The molecule has 0 saturated carbocycles. The first kappa shape index (κ1) is 31.2. The molecular formula is C27H28O17. The minimum atomic E-state index is -3.20. The van der Waals surface area contributed by atoms with Crippen molar-refractivity contribution in [3.8, 4) is 40.1 Å². The van der Waals surface area contributed by atoms with Gasteiger partial charge in [-0.05, 0) is 25.1 Å². The van der Waals surface area contributed by atoms with Crippen LogP contribution in [0.3, 0.4) is 0 Å². The molecule has 17 nitrogen and oxygen atoms in total. The maximum absolute atomic E-state index is 13.8. The van der Waals surface area contributed by atoms with Crippen molar-refractivity contribution in [2.75, 3.05) is 0 Å². The van der Waals surface area contributed by atoms with Gasteiger partial charge >= 0.3 is 5.97 Å². The number of aliphatic hydroxyl groups excluding tert-OH is 5. The Kier molecular flexibility index (Phi) is 7.85. The smallest absolute Gasteiger partial charge is 0.335 e. The number of hydrogen-bond donors (Lipinski definition) is 11. The predicted octanol–water partition coefficient (Wildman–Crippen LogP) is -2.21. The monoisotopic (exact) mass is 624 g/mol. The van der Waals surface area contributed by atoms with Gasteiger partial charge in [-0.15, -0.1) is 0 Å². The number of phenolic OH excluding ortho intramolecular Hbond substituents is 4. The van der Waals surface area contributed by atoms with Gasteiger partial charge in [0.15, 0.2) is 29.0 Å². The van der Waals surface area contributed by atoms with E-state index in [2.05, 4.69) is 0 Å². The number of aliphatic hydroxyl groups is 6. The Labute approximate surface area is 245 Å². The highest BCUT2D eigenvalue weighted by atomic mass is 16.7. The highest BCUT2D eigenvalue weighted by Gasteiger charge is 2.66. The molecule has 44 heavy (non-hydrogen) atoms. The lowest BCUT2D eigenvalue weighted by Crippen LogP contribution is -2.77. The van der Waals surface area contributed by atoms with Crippen LogP contribution >= 0.6 is 0 Å². The highest BCUT2D eigenvalue weighted by molar-refractivity contribution is 5.88. The van der Waals surface area contributed by atoms with E-state index >= 15 is 0 Å². The van der Waals surface area contributed by atoms with Crippen LogP contribution in [0.1, 0.15) is 6.92 Å². The number of carboxylic acid groups (broad SMARTS) is 1. The number of phenols is 4. The number of carbonyl (C=O) groups is 1. The van der Waals surface area contributed by atoms with Crippen LogP contribution in [0.15, 0.2) is 39.5 Å². The molecule has 5 rings (SSSR count). The molecule has 2 aromatic carbocycles. The van der Waals surface area contributed by atoms with Crippen molar-refractivity contribution in [2.24, 2.45) is 0 Å². The van der Waals surface area contributed by atoms with Gasteiger partial charge in [-0.2, -0.15) is 0 Å². The van der Waals surface area contributed by atoms with Crippen LogP contribution in [0.25, 0.3) is 22.3 Å². The van der Waals surface area contributed by atoms with E-state index in [9.17, 15) is 65.8 Å². The number of carboxylic acids is 1. The first-order valence-corrected chi connectivity index (χ1v) is 13.0. The summed E-state index contributed by atoms with van der Waals surface area (Å²) in [5.41, 5.74) is -5.03. The van der Waals surface area contributed by atoms with E-state index in [1.807, 2.05) is 0 Å². The molecule has 2 aliphatic heterocycles. The molecule has 0 amide bonds. The van der Waals surface area contributed by atoms with Crippen LogP contribution in [0.2, 0.25) is 0 Å². The fraction of sp³-hybridized carbons (Fsp3) is 0.407. The van der Waals surface area contributed by atoms with Crippen LogP contribution < -0.4 is 10.2 Å². The number of aliphatic carboxylic acids is 1. The number of fused-ring (bicyclic) bond motifs is 1. The van der Waals surface area contributed by atoms with Crippen LogP contribution in [0.4, 0.5) is 0 Å². The molecule has 0 bridgehead atoms. The van der Waals surface area contributed by atoms with E-state index in [0.29, 0.717) is 0 Å². The standard InChI is InChI=1S/C27H28O17/c1-7-15(32)17(34)18(35)24(41-7)27(40)23(37)19(36)22(25(38)39)44-26(27)43-21-16(33)14-12(31)5-9(28)6-13(14)42-20(21)8-2-3-10(29)11(30)4-8/h2-7,15,17-19,22-24,26,28-32,34-37,40H,1H3,(H,38,39)/t7-,15-,17+,18+,19+,22-,23-,24+,26+,27-/m0/s1. The zero-order valence-electron chi connectivity index (χ0n) is 22.5. The molecule has 3 aromatic rings. The van der Waals surface area contributed by atoms with Gasteiger partial charge in [0.05, 0.1) is 6.10 Å². The molecule has 10 atom stereocenters. The van der Waals surface area contributed by atoms with E-state index in [0.717, 1.165) is 30.3 Å². The lowest BCUT2D eigenvalue weighted by atomic mass is 9.76. The Balaban J connectivity index is 1.74. The van der Waals surface area contributed by atoms with Gasteiger partial charge < -0.3 is 74.8 Å². The minimum Gasteiger partial charge on any atom is -0.508 e. The molecule has 3 heterocycles. The summed E-state index contributed by atoms with van der Waals surface area (Å²) in [5, 5.41) is 114. The number of rotatable bonds is 5. The summed E-state index contributed by atoms with van der Waals surface area (Å²) in [6.07, 6.45) is -19.2. The molecule has 0 spiro atoms.